The minimum absolute atomic E-state index is 0.272. The molecule has 0 aromatic carbocycles. The molecule has 1 rings (SSSR count). The molecule has 2 N–H and O–H groups in total. The van der Waals surface area contributed by atoms with Crippen LogP contribution in [0.5, 0.6) is 0 Å². The lowest BCUT2D eigenvalue weighted by Crippen LogP contribution is -2.51. The Balaban J connectivity index is 2.59. The molecule has 1 unspecified atom stereocenters. The summed E-state index contributed by atoms with van der Waals surface area (Å²) in [4.78, 5) is 25.8. The molecule has 0 bridgehead atoms. The maximum atomic E-state index is 12.0. The maximum absolute atomic E-state index is 12.0. The van der Waals surface area contributed by atoms with E-state index in [-0.39, 0.29) is 12.1 Å². The van der Waals surface area contributed by atoms with Crippen molar-refractivity contribution in [2.24, 2.45) is 0 Å². The number of amides is 2. The third-order valence-electron chi connectivity index (χ3n) is 3.18. The van der Waals surface area contributed by atoms with Crippen molar-refractivity contribution in [1.29, 1.82) is 0 Å². The molecule has 17 heavy (non-hydrogen) atoms. The number of carbonyl (C=O) groups is 2. The predicted molar refractivity (Wildman–Crippen MR) is 61.7 cm³/mol. The largest absolute Gasteiger partial charge is 0.480 e. The second-order valence-corrected chi connectivity index (χ2v) is 4.37. The number of piperidine rings is 1. The van der Waals surface area contributed by atoms with E-state index < -0.39 is 12.0 Å². The first-order valence-electron chi connectivity index (χ1n) is 5.90. The first-order chi connectivity index (χ1) is 7.97. The van der Waals surface area contributed by atoms with E-state index in [0.717, 1.165) is 0 Å². The number of carboxylic acids is 1. The number of aliphatic hydroxyl groups is 1. The van der Waals surface area contributed by atoms with Crippen LogP contribution in [-0.2, 0) is 4.79 Å². The third-order valence-corrected chi connectivity index (χ3v) is 3.18. The number of hydrogen-bond donors (Lipinski definition) is 2. The van der Waals surface area contributed by atoms with Gasteiger partial charge in [0, 0.05) is 20.1 Å². The number of rotatable bonds is 3. The van der Waals surface area contributed by atoms with E-state index in [1.807, 2.05) is 0 Å². The number of carbonyl (C=O) groups excluding carboxylic acids is 1. The van der Waals surface area contributed by atoms with Gasteiger partial charge in [0.25, 0.3) is 0 Å². The zero-order chi connectivity index (χ0) is 13.0. The number of aliphatic hydroxyl groups excluding tert-OH is 1. The molecule has 1 heterocycles. The minimum Gasteiger partial charge on any atom is -0.480 e. The molecule has 1 fully saturated rings. The van der Waals surface area contributed by atoms with E-state index in [0.29, 0.717) is 32.4 Å². The van der Waals surface area contributed by atoms with Crippen LogP contribution in [0.1, 0.15) is 26.2 Å². The molecule has 1 saturated heterocycles. The summed E-state index contributed by atoms with van der Waals surface area (Å²) in [6, 6.07) is -1.06. The Morgan fingerprint density at radius 3 is 2.35 bits per heavy atom. The first-order valence-corrected chi connectivity index (χ1v) is 5.90. The molecule has 0 aromatic rings. The van der Waals surface area contributed by atoms with Gasteiger partial charge in [-0.15, -0.1) is 0 Å². The number of hydrogen-bond acceptors (Lipinski definition) is 3. The van der Waals surface area contributed by atoms with Crippen LogP contribution in [0.2, 0.25) is 0 Å². The van der Waals surface area contributed by atoms with Gasteiger partial charge in [-0.25, -0.2) is 9.59 Å². The Hall–Kier alpha value is -1.30. The Labute approximate surface area is 101 Å². The second kappa shape index (κ2) is 5.86. The normalized spacial score (nSPS) is 18.9. The third kappa shape index (κ3) is 3.33. The molecule has 1 aliphatic heterocycles. The van der Waals surface area contributed by atoms with Crippen molar-refractivity contribution in [3.63, 3.8) is 0 Å². The van der Waals surface area contributed by atoms with Crippen molar-refractivity contribution >= 4 is 12.0 Å². The molecule has 1 atom stereocenters. The van der Waals surface area contributed by atoms with Crippen molar-refractivity contribution < 1.29 is 19.8 Å². The van der Waals surface area contributed by atoms with E-state index >= 15 is 0 Å². The summed E-state index contributed by atoms with van der Waals surface area (Å²) in [5.74, 6) is -0.986. The lowest BCUT2D eigenvalue weighted by atomic mass is 10.1. The monoisotopic (exact) mass is 244 g/mol. The lowest BCUT2D eigenvalue weighted by Gasteiger charge is -2.34. The number of likely N-dealkylation sites (tertiary alicyclic amines) is 1. The topological polar surface area (TPSA) is 81.1 Å². The van der Waals surface area contributed by atoms with Crippen LogP contribution < -0.4 is 0 Å². The summed E-state index contributed by atoms with van der Waals surface area (Å²) < 4.78 is 0. The molecule has 2 amide bonds. The average Bonchev–Trinajstić information content (AvgIpc) is 2.29. The van der Waals surface area contributed by atoms with Crippen LogP contribution in [0.25, 0.3) is 0 Å². The smallest absolute Gasteiger partial charge is 0.326 e. The Kier molecular flexibility index (Phi) is 4.74. The molecular weight excluding hydrogens is 224 g/mol. The van der Waals surface area contributed by atoms with Crippen LogP contribution in [0.15, 0.2) is 0 Å². The van der Waals surface area contributed by atoms with Crippen molar-refractivity contribution in [1.82, 2.24) is 9.80 Å². The molecule has 0 aliphatic carbocycles. The van der Waals surface area contributed by atoms with Crippen molar-refractivity contribution in [2.45, 2.75) is 38.3 Å². The number of aliphatic carboxylic acids is 1. The van der Waals surface area contributed by atoms with E-state index in [4.69, 9.17) is 5.11 Å². The summed E-state index contributed by atoms with van der Waals surface area (Å²) in [5, 5.41) is 18.3. The fourth-order valence-electron chi connectivity index (χ4n) is 2.03. The van der Waals surface area contributed by atoms with Gasteiger partial charge in [0.05, 0.1) is 6.10 Å². The molecule has 6 heteroatoms. The Morgan fingerprint density at radius 2 is 1.94 bits per heavy atom. The molecule has 1 aliphatic rings. The summed E-state index contributed by atoms with van der Waals surface area (Å²) in [5.41, 5.74) is 0. The molecule has 0 aromatic heterocycles. The summed E-state index contributed by atoms with van der Waals surface area (Å²) in [7, 11) is 1.51. The number of carboxylic acid groups (broad SMARTS) is 1. The van der Waals surface area contributed by atoms with Crippen LogP contribution in [0, 0.1) is 0 Å². The van der Waals surface area contributed by atoms with Crippen molar-refractivity contribution in [3.05, 3.63) is 0 Å². The fourth-order valence-corrected chi connectivity index (χ4v) is 2.03. The van der Waals surface area contributed by atoms with Gasteiger partial charge in [0.15, 0.2) is 0 Å². The van der Waals surface area contributed by atoms with Crippen molar-refractivity contribution in [3.8, 4) is 0 Å². The standard InChI is InChI=1S/C11H20N2O4/c1-3-9(10(15)16)12(2)11(17)13-6-4-8(14)5-7-13/h8-9,14H,3-7H2,1-2H3,(H,15,16). The molecule has 98 valence electrons. The average molecular weight is 244 g/mol. The predicted octanol–water partition coefficient (Wildman–Crippen LogP) is 0.358. The first kappa shape index (κ1) is 13.8. The summed E-state index contributed by atoms with van der Waals surface area (Å²) >= 11 is 0. The van der Waals surface area contributed by atoms with Gasteiger partial charge in [0.1, 0.15) is 6.04 Å². The molecule has 0 spiro atoms. The molecular formula is C11H20N2O4. The van der Waals surface area contributed by atoms with Gasteiger partial charge in [-0.2, -0.15) is 0 Å². The van der Waals surface area contributed by atoms with Gasteiger partial charge in [-0.3, -0.25) is 0 Å². The van der Waals surface area contributed by atoms with Crippen LogP contribution in [0.3, 0.4) is 0 Å². The Morgan fingerprint density at radius 1 is 1.41 bits per heavy atom. The summed E-state index contributed by atoms with van der Waals surface area (Å²) in [6.07, 6.45) is 1.16. The Bertz CT molecular complexity index is 287. The lowest BCUT2D eigenvalue weighted by molar-refractivity contribution is -0.142. The zero-order valence-electron chi connectivity index (χ0n) is 10.3. The van der Waals surface area contributed by atoms with E-state index in [9.17, 15) is 14.7 Å². The molecule has 0 saturated carbocycles. The maximum Gasteiger partial charge on any atom is 0.326 e. The zero-order valence-corrected chi connectivity index (χ0v) is 10.3. The number of likely N-dealkylation sites (N-methyl/N-ethyl adjacent to an activating group) is 1. The van der Waals surface area contributed by atoms with Crippen molar-refractivity contribution in [2.75, 3.05) is 20.1 Å². The van der Waals surface area contributed by atoms with E-state index in [2.05, 4.69) is 0 Å². The molecule has 6 nitrogen and oxygen atoms in total. The molecule has 0 radical (unpaired) electrons. The summed E-state index contributed by atoms with van der Waals surface area (Å²) in [6.45, 7) is 2.71. The fraction of sp³-hybridized carbons (Fsp3) is 0.818. The second-order valence-electron chi connectivity index (χ2n) is 4.37. The van der Waals surface area contributed by atoms with Gasteiger partial charge in [0.2, 0.25) is 0 Å². The quantitative estimate of drug-likeness (QED) is 0.751. The van der Waals surface area contributed by atoms with Gasteiger partial charge in [-0.05, 0) is 19.3 Å². The van der Waals surface area contributed by atoms with E-state index in [1.54, 1.807) is 11.8 Å². The highest BCUT2D eigenvalue weighted by Crippen LogP contribution is 2.13. The highest BCUT2D eigenvalue weighted by Gasteiger charge is 2.29. The van der Waals surface area contributed by atoms with Gasteiger partial charge >= 0.3 is 12.0 Å². The van der Waals surface area contributed by atoms with Gasteiger partial charge < -0.3 is 20.0 Å². The SMILES string of the molecule is CCC(C(=O)O)N(C)C(=O)N1CCC(O)CC1. The van der Waals surface area contributed by atoms with Gasteiger partial charge in [-0.1, -0.05) is 6.92 Å². The highest BCUT2D eigenvalue weighted by molar-refractivity contribution is 5.82. The van der Waals surface area contributed by atoms with Crippen LogP contribution >= 0.6 is 0 Å². The number of nitrogens with zero attached hydrogens (tertiary/aromatic N) is 2. The van der Waals surface area contributed by atoms with E-state index in [1.165, 1.54) is 11.9 Å². The highest BCUT2D eigenvalue weighted by atomic mass is 16.4. The number of urea groups is 1. The van der Waals surface area contributed by atoms with Crippen LogP contribution in [0.4, 0.5) is 4.79 Å². The van der Waals surface area contributed by atoms with Crippen LogP contribution in [-0.4, -0.2) is 64.3 Å². The minimum atomic E-state index is -0.986.